The average molecular weight is 305 g/mol. The molecule has 10 nitrogen and oxygen atoms in total. The number of benzene rings is 2. The van der Waals surface area contributed by atoms with Crippen molar-refractivity contribution in [1.82, 2.24) is 0 Å². The highest BCUT2D eigenvalue weighted by molar-refractivity contribution is 5.55. The molecule has 2 aromatic rings. The molecule has 10 heteroatoms. The Morgan fingerprint density at radius 1 is 0.727 bits per heavy atom. The molecule has 0 saturated heterocycles. The highest BCUT2D eigenvalue weighted by Gasteiger charge is 2.21. The second-order valence-corrected chi connectivity index (χ2v) is 4.02. The zero-order valence-electron chi connectivity index (χ0n) is 10.7. The fraction of sp³-hybridized carbons (Fsp3) is 0. The Hall–Kier alpha value is -3.56. The van der Waals surface area contributed by atoms with Gasteiger partial charge < -0.3 is 4.74 Å². The molecule has 0 heterocycles. The molecule has 112 valence electrons. The lowest BCUT2D eigenvalue weighted by atomic mass is 10.2. The van der Waals surface area contributed by atoms with E-state index in [2.05, 4.69) is 0 Å². The summed E-state index contributed by atoms with van der Waals surface area (Å²) in [6.45, 7) is 0. The minimum atomic E-state index is -0.812. The molecule has 22 heavy (non-hydrogen) atoms. The van der Waals surface area contributed by atoms with Gasteiger partial charge in [-0.2, -0.15) is 0 Å². The number of non-ortho nitro benzene ring substituents is 2. The monoisotopic (exact) mass is 305 g/mol. The number of nitrogens with zero attached hydrogens (tertiary/aromatic N) is 3. The lowest BCUT2D eigenvalue weighted by molar-refractivity contribution is -0.394. The summed E-state index contributed by atoms with van der Waals surface area (Å²) >= 11 is 0. The Bertz CT molecular complexity index is 758. The van der Waals surface area contributed by atoms with Crippen molar-refractivity contribution in [2.45, 2.75) is 0 Å². The van der Waals surface area contributed by atoms with Crippen LogP contribution in [0, 0.1) is 30.3 Å². The molecular weight excluding hydrogens is 298 g/mol. The summed E-state index contributed by atoms with van der Waals surface area (Å²) < 4.78 is 5.25. The summed E-state index contributed by atoms with van der Waals surface area (Å²) in [7, 11) is 0. The van der Waals surface area contributed by atoms with Crippen molar-refractivity contribution in [2.24, 2.45) is 0 Å². The summed E-state index contributed by atoms with van der Waals surface area (Å²) in [5.74, 6) is -0.0768. The van der Waals surface area contributed by atoms with Crippen LogP contribution in [0.25, 0.3) is 0 Å². The zero-order chi connectivity index (χ0) is 16.3. The van der Waals surface area contributed by atoms with E-state index >= 15 is 0 Å². The Balaban J connectivity index is 2.34. The van der Waals surface area contributed by atoms with Crippen molar-refractivity contribution < 1.29 is 19.5 Å². The zero-order valence-corrected chi connectivity index (χ0v) is 10.7. The van der Waals surface area contributed by atoms with Gasteiger partial charge in [0.1, 0.15) is 5.75 Å². The molecule has 0 aliphatic carbocycles. The molecular formula is C12H7N3O7. The molecule has 0 fully saturated rings. The second kappa shape index (κ2) is 5.83. The first kappa shape index (κ1) is 14.8. The van der Waals surface area contributed by atoms with E-state index in [9.17, 15) is 30.3 Å². The molecule has 2 aromatic carbocycles. The third-order valence-corrected chi connectivity index (χ3v) is 2.63. The highest BCUT2D eigenvalue weighted by Crippen LogP contribution is 2.34. The van der Waals surface area contributed by atoms with Crippen molar-refractivity contribution in [2.75, 3.05) is 0 Å². The largest absolute Gasteiger partial charge is 0.450 e. The summed E-state index contributed by atoms with van der Waals surface area (Å²) in [5.41, 5.74) is -1.18. The molecule has 0 aromatic heterocycles. The van der Waals surface area contributed by atoms with E-state index in [1.165, 1.54) is 24.3 Å². The van der Waals surface area contributed by atoms with Crippen LogP contribution in [-0.2, 0) is 0 Å². The van der Waals surface area contributed by atoms with Crippen LogP contribution in [-0.4, -0.2) is 14.8 Å². The van der Waals surface area contributed by atoms with Gasteiger partial charge in [-0.1, -0.05) is 0 Å². The highest BCUT2D eigenvalue weighted by atomic mass is 16.6. The molecule has 2 rings (SSSR count). The van der Waals surface area contributed by atoms with E-state index in [4.69, 9.17) is 4.74 Å². The van der Waals surface area contributed by atoms with Crippen molar-refractivity contribution in [1.29, 1.82) is 0 Å². The number of ether oxygens (including phenoxy) is 1. The fourth-order valence-electron chi connectivity index (χ4n) is 1.61. The number of rotatable bonds is 5. The molecule has 0 bridgehead atoms. The van der Waals surface area contributed by atoms with Crippen molar-refractivity contribution in [3.8, 4) is 11.5 Å². The molecule has 0 atom stereocenters. The third kappa shape index (κ3) is 3.12. The second-order valence-electron chi connectivity index (χ2n) is 4.02. The average Bonchev–Trinajstić information content (AvgIpc) is 2.47. The smallest absolute Gasteiger partial charge is 0.318 e. The minimum Gasteiger partial charge on any atom is -0.450 e. The van der Waals surface area contributed by atoms with Crippen molar-refractivity contribution >= 4 is 17.1 Å². The molecule has 0 N–H and O–H groups in total. The van der Waals surface area contributed by atoms with E-state index in [0.717, 1.165) is 18.2 Å². The molecule has 0 radical (unpaired) electrons. The fourth-order valence-corrected chi connectivity index (χ4v) is 1.61. The van der Waals surface area contributed by atoms with Crippen molar-refractivity contribution in [3.05, 3.63) is 72.8 Å². The number of hydrogen-bond acceptors (Lipinski definition) is 7. The first-order valence-corrected chi connectivity index (χ1v) is 5.73. The third-order valence-electron chi connectivity index (χ3n) is 2.63. The van der Waals surface area contributed by atoms with Crippen LogP contribution in [0.3, 0.4) is 0 Å². The van der Waals surface area contributed by atoms with E-state index in [-0.39, 0.29) is 17.2 Å². The van der Waals surface area contributed by atoms with Gasteiger partial charge in [0.05, 0.1) is 20.8 Å². The van der Waals surface area contributed by atoms with Crippen LogP contribution in [0.1, 0.15) is 0 Å². The Morgan fingerprint density at radius 2 is 1.27 bits per heavy atom. The summed E-state index contributed by atoms with van der Waals surface area (Å²) in [6, 6.07) is 7.82. The summed E-state index contributed by atoms with van der Waals surface area (Å²) in [5, 5.41) is 32.1. The Labute approximate surface area is 122 Å². The lowest BCUT2D eigenvalue weighted by Gasteiger charge is -2.05. The molecule has 0 unspecified atom stereocenters. The number of nitro groups is 3. The Kier molecular flexibility index (Phi) is 3.93. The first-order chi connectivity index (χ1) is 10.4. The van der Waals surface area contributed by atoms with Crippen LogP contribution in [0.15, 0.2) is 42.5 Å². The van der Waals surface area contributed by atoms with Crippen LogP contribution >= 0.6 is 0 Å². The van der Waals surface area contributed by atoms with Crippen LogP contribution in [0.4, 0.5) is 17.1 Å². The van der Waals surface area contributed by atoms with Gasteiger partial charge in [-0.25, -0.2) is 0 Å². The SMILES string of the molecule is O=[N+]([O-])c1ccc(Oc2ccc([N+](=O)[O-])cc2[N+](=O)[O-])cc1. The topological polar surface area (TPSA) is 139 Å². The molecule has 0 amide bonds. The Morgan fingerprint density at radius 3 is 1.77 bits per heavy atom. The van der Waals surface area contributed by atoms with Crippen molar-refractivity contribution in [3.63, 3.8) is 0 Å². The standard InChI is InChI=1S/C12H7N3O7/c16-13(17)8-1-4-10(5-2-8)22-12-6-3-9(14(18)19)7-11(12)15(20)21/h1-7H. The van der Waals surface area contributed by atoms with Gasteiger partial charge in [0.2, 0.25) is 5.75 Å². The molecule has 0 aliphatic heterocycles. The van der Waals surface area contributed by atoms with E-state index in [1.54, 1.807) is 0 Å². The van der Waals surface area contributed by atoms with E-state index < -0.39 is 26.1 Å². The van der Waals surface area contributed by atoms with Crippen LogP contribution in [0.5, 0.6) is 11.5 Å². The predicted molar refractivity (Wildman–Crippen MR) is 72.9 cm³/mol. The van der Waals surface area contributed by atoms with E-state index in [1.807, 2.05) is 0 Å². The minimum absolute atomic E-state index is 0.127. The maximum Gasteiger partial charge on any atom is 0.318 e. The van der Waals surface area contributed by atoms with Gasteiger partial charge in [-0.15, -0.1) is 0 Å². The predicted octanol–water partition coefficient (Wildman–Crippen LogP) is 3.20. The first-order valence-electron chi connectivity index (χ1n) is 5.73. The molecule has 0 aliphatic rings. The quantitative estimate of drug-likeness (QED) is 0.610. The molecule has 0 spiro atoms. The van der Waals surface area contributed by atoms with Crippen LogP contribution < -0.4 is 4.74 Å². The summed E-state index contributed by atoms with van der Waals surface area (Å²) in [4.78, 5) is 29.9. The van der Waals surface area contributed by atoms with Crippen LogP contribution in [0.2, 0.25) is 0 Å². The van der Waals surface area contributed by atoms with Gasteiger partial charge in [0, 0.05) is 18.2 Å². The normalized spacial score (nSPS) is 10.0. The van der Waals surface area contributed by atoms with E-state index in [0.29, 0.717) is 0 Å². The number of hydrogen-bond donors (Lipinski definition) is 0. The van der Waals surface area contributed by atoms with Gasteiger partial charge in [-0.05, 0) is 18.2 Å². The lowest BCUT2D eigenvalue weighted by Crippen LogP contribution is -1.96. The molecule has 0 saturated carbocycles. The number of nitro benzene ring substituents is 3. The van der Waals surface area contributed by atoms with Gasteiger partial charge in [0.25, 0.3) is 11.4 Å². The van der Waals surface area contributed by atoms with Gasteiger partial charge >= 0.3 is 5.69 Å². The maximum absolute atomic E-state index is 10.9. The van der Waals surface area contributed by atoms with Gasteiger partial charge in [0.15, 0.2) is 0 Å². The maximum atomic E-state index is 10.9. The summed E-state index contributed by atoms with van der Waals surface area (Å²) in [6.07, 6.45) is 0. The van der Waals surface area contributed by atoms with Gasteiger partial charge in [-0.3, -0.25) is 30.3 Å².